The van der Waals surface area contributed by atoms with Crippen LogP contribution >= 0.6 is 0 Å². The van der Waals surface area contributed by atoms with Crippen LogP contribution < -0.4 is 20.1 Å². The summed E-state index contributed by atoms with van der Waals surface area (Å²) in [6.07, 6.45) is 1.66. The molecular formula is C21H19N3O3. The lowest BCUT2D eigenvalue weighted by atomic mass is 10.1. The quantitative estimate of drug-likeness (QED) is 0.711. The minimum absolute atomic E-state index is 0.140. The Labute approximate surface area is 157 Å². The summed E-state index contributed by atoms with van der Waals surface area (Å²) in [7, 11) is 0. The van der Waals surface area contributed by atoms with Crippen LogP contribution in [0.15, 0.2) is 66.9 Å². The highest BCUT2D eigenvalue weighted by molar-refractivity contribution is 6.03. The van der Waals surface area contributed by atoms with Gasteiger partial charge in [0.15, 0.2) is 11.5 Å². The maximum Gasteiger partial charge on any atom is 0.274 e. The fourth-order valence-electron chi connectivity index (χ4n) is 2.86. The number of hydrogen-bond acceptors (Lipinski definition) is 5. The SMILES string of the molecule is CC(Nc1ccc(C(=O)Nc2ccc3c(c2)OCO3)nc1)c1ccccc1. The van der Waals surface area contributed by atoms with Crippen molar-refractivity contribution in [3.05, 3.63) is 78.1 Å². The van der Waals surface area contributed by atoms with Gasteiger partial charge < -0.3 is 20.1 Å². The number of amides is 1. The minimum Gasteiger partial charge on any atom is -0.454 e. The number of fused-ring (bicyclic) bond motifs is 1. The van der Waals surface area contributed by atoms with Gasteiger partial charge in [0, 0.05) is 17.8 Å². The summed E-state index contributed by atoms with van der Waals surface area (Å²) in [4.78, 5) is 16.7. The fourth-order valence-corrected chi connectivity index (χ4v) is 2.86. The number of aromatic nitrogens is 1. The molecule has 2 N–H and O–H groups in total. The van der Waals surface area contributed by atoms with E-state index in [4.69, 9.17) is 9.47 Å². The Morgan fingerprint density at radius 1 is 1.00 bits per heavy atom. The van der Waals surface area contributed by atoms with Crippen LogP contribution in [0.3, 0.4) is 0 Å². The normalized spacial score (nSPS) is 13.1. The predicted octanol–water partition coefficient (Wildman–Crippen LogP) is 4.24. The highest BCUT2D eigenvalue weighted by Crippen LogP contribution is 2.34. The van der Waals surface area contributed by atoms with Gasteiger partial charge in [-0.3, -0.25) is 4.79 Å². The predicted molar refractivity (Wildman–Crippen MR) is 103 cm³/mol. The Hall–Kier alpha value is -3.54. The van der Waals surface area contributed by atoms with E-state index in [0.29, 0.717) is 22.9 Å². The Balaban J connectivity index is 1.40. The van der Waals surface area contributed by atoms with Crippen molar-refractivity contribution in [1.29, 1.82) is 0 Å². The van der Waals surface area contributed by atoms with Crippen LogP contribution in [0.1, 0.15) is 29.0 Å². The second-order valence-electron chi connectivity index (χ2n) is 6.23. The molecule has 0 saturated carbocycles. The molecule has 27 heavy (non-hydrogen) atoms. The molecule has 3 aromatic rings. The first-order valence-electron chi connectivity index (χ1n) is 8.67. The van der Waals surface area contributed by atoms with Crippen LogP contribution in [-0.4, -0.2) is 17.7 Å². The lowest BCUT2D eigenvalue weighted by Crippen LogP contribution is -2.14. The van der Waals surface area contributed by atoms with Crippen molar-refractivity contribution in [2.45, 2.75) is 13.0 Å². The molecule has 1 amide bonds. The van der Waals surface area contributed by atoms with Gasteiger partial charge in [-0.05, 0) is 36.8 Å². The number of hydrogen-bond donors (Lipinski definition) is 2. The number of nitrogens with one attached hydrogen (secondary N) is 2. The zero-order valence-corrected chi connectivity index (χ0v) is 14.8. The van der Waals surface area contributed by atoms with Crippen molar-refractivity contribution >= 4 is 17.3 Å². The van der Waals surface area contributed by atoms with E-state index >= 15 is 0 Å². The zero-order chi connectivity index (χ0) is 18.6. The molecule has 6 heteroatoms. The van der Waals surface area contributed by atoms with Crippen LogP contribution in [0.25, 0.3) is 0 Å². The van der Waals surface area contributed by atoms with Gasteiger partial charge in [0.25, 0.3) is 5.91 Å². The van der Waals surface area contributed by atoms with Gasteiger partial charge in [0.2, 0.25) is 6.79 Å². The molecule has 136 valence electrons. The van der Waals surface area contributed by atoms with Crippen LogP contribution in [0.5, 0.6) is 11.5 Å². The second-order valence-corrected chi connectivity index (χ2v) is 6.23. The smallest absolute Gasteiger partial charge is 0.274 e. The molecule has 0 radical (unpaired) electrons. The Morgan fingerprint density at radius 2 is 1.78 bits per heavy atom. The minimum atomic E-state index is -0.281. The highest BCUT2D eigenvalue weighted by Gasteiger charge is 2.15. The molecule has 0 fully saturated rings. The van der Waals surface area contributed by atoms with Gasteiger partial charge in [0.1, 0.15) is 5.69 Å². The molecular weight excluding hydrogens is 342 g/mol. The third-order valence-corrected chi connectivity index (χ3v) is 4.31. The second kappa shape index (κ2) is 7.37. The maximum absolute atomic E-state index is 12.4. The van der Waals surface area contributed by atoms with E-state index in [0.717, 1.165) is 5.69 Å². The first-order valence-corrected chi connectivity index (χ1v) is 8.67. The first-order chi connectivity index (χ1) is 13.2. The van der Waals surface area contributed by atoms with Crippen LogP contribution in [-0.2, 0) is 0 Å². The number of nitrogens with zero attached hydrogens (tertiary/aromatic N) is 1. The monoisotopic (exact) mass is 361 g/mol. The average molecular weight is 361 g/mol. The fraction of sp³-hybridized carbons (Fsp3) is 0.143. The average Bonchev–Trinajstić information content (AvgIpc) is 3.17. The summed E-state index contributed by atoms with van der Waals surface area (Å²) in [5.74, 6) is 1.01. The van der Waals surface area contributed by atoms with Gasteiger partial charge in [0.05, 0.1) is 11.9 Å². The Bertz CT molecular complexity index is 943. The van der Waals surface area contributed by atoms with Gasteiger partial charge in [-0.15, -0.1) is 0 Å². The maximum atomic E-state index is 12.4. The van der Waals surface area contributed by atoms with Crippen molar-refractivity contribution in [3.63, 3.8) is 0 Å². The first kappa shape index (κ1) is 16.9. The largest absolute Gasteiger partial charge is 0.454 e. The third kappa shape index (κ3) is 3.84. The molecule has 4 rings (SSSR count). The van der Waals surface area contributed by atoms with E-state index in [1.807, 2.05) is 24.3 Å². The standard InChI is InChI=1S/C21H19N3O3/c1-14(15-5-3-2-4-6-15)23-17-7-9-18(22-12-17)21(25)24-16-8-10-19-20(11-16)27-13-26-19/h2-12,14,23H,13H2,1H3,(H,24,25). The number of ether oxygens (including phenoxy) is 2. The third-order valence-electron chi connectivity index (χ3n) is 4.31. The van der Waals surface area contributed by atoms with Crippen molar-refractivity contribution in [3.8, 4) is 11.5 Å². The summed E-state index contributed by atoms with van der Waals surface area (Å²) in [5.41, 5.74) is 3.00. The van der Waals surface area contributed by atoms with E-state index in [9.17, 15) is 4.79 Å². The highest BCUT2D eigenvalue weighted by atomic mass is 16.7. The lowest BCUT2D eigenvalue weighted by molar-refractivity contribution is 0.102. The number of benzene rings is 2. The van der Waals surface area contributed by atoms with Gasteiger partial charge >= 0.3 is 0 Å². The van der Waals surface area contributed by atoms with Crippen LogP contribution in [0.4, 0.5) is 11.4 Å². The van der Waals surface area contributed by atoms with Crippen molar-refractivity contribution in [1.82, 2.24) is 4.98 Å². The van der Waals surface area contributed by atoms with Crippen molar-refractivity contribution in [2.24, 2.45) is 0 Å². The molecule has 1 aliphatic heterocycles. The summed E-state index contributed by atoms with van der Waals surface area (Å²) in [6.45, 7) is 2.28. The van der Waals surface area contributed by atoms with E-state index in [2.05, 4.69) is 34.7 Å². The van der Waals surface area contributed by atoms with E-state index in [1.165, 1.54) is 5.56 Å². The van der Waals surface area contributed by atoms with E-state index < -0.39 is 0 Å². The van der Waals surface area contributed by atoms with Crippen molar-refractivity contribution < 1.29 is 14.3 Å². The molecule has 1 aliphatic rings. The summed E-state index contributed by atoms with van der Waals surface area (Å²) < 4.78 is 10.6. The number of carbonyl (C=O) groups excluding carboxylic acids is 1. The van der Waals surface area contributed by atoms with Crippen LogP contribution in [0, 0.1) is 0 Å². The molecule has 0 spiro atoms. The van der Waals surface area contributed by atoms with Gasteiger partial charge in [-0.1, -0.05) is 30.3 Å². The number of anilines is 2. The van der Waals surface area contributed by atoms with E-state index in [1.54, 1.807) is 30.5 Å². The molecule has 0 saturated heterocycles. The molecule has 1 unspecified atom stereocenters. The molecule has 2 aromatic carbocycles. The summed E-state index contributed by atoms with van der Waals surface area (Å²) in [5, 5.41) is 6.19. The summed E-state index contributed by atoms with van der Waals surface area (Å²) in [6, 6.07) is 19.1. The van der Waals surface area contributed by atoms with E-state index in [-0.39, 0.29) is 18.7 Å². The molecule has 6 nitrogen and oxygen atoms in total. The Kier molecular flexibility index (Phi) is 4.61. The van der Waals surface area contributed by atoms with Crippen molar-refractivity contribution in [2.75, 3.05) is 17.4 Å². The topological polar surface area (TPSA) is 72.5 Å². The summed E-state index contributed by atoms with van der Waals surface area (Å²) >= 11 is 0. The molecule has 0 bridgehead atoms. The zero-order valence-electron chi connectivity index (χ0n) is 14.8. The number of carbonyl (C=O) groups is 1. The number of rotatable bonds is 5. The van der Waals surface area contributed by atoms with Gasteiger partial charge in [-0.2, -0.15) is 0 Å². The molecule has 2 heterocycles. The van der Waals surface area contributed by atoms with Gasteiger partial charge in [-0.25, -0.2) is 4.98 Å². The molecule has 1 aromatic heterocycles. The molecule has 1 atom stereocenters. The van der Waals surface area contributed by atoms with Crippen LogP contribution in [0.2, 0.25) is 0 Å². The Morgan fingerprint density at radius 3 is 2.56 bits per heavy atom. The molecule has 0 aliphatic carbocycles. The number of pyridine rings is 1. The lowest BCUT2D eigenvalue weighted by Gasteiger charge is -2.15.